The zero-order valence-electron chi connectivity index (χ0n) is 15.7. The summed E-state index contributed by atoms with van der Waals surface area (Å²) in [4.78, 5) is 67.6. The summed E-state index contributed by atoms with van der Waals surface area (Å²) in [6.07, 6.45) is -3.46. The molecule has 4 rings (SSSR count). The van der Waals surface area contributed by atoms with Gasteiger partial charge in [0.25, 0.3) is 17.4 Å². The molecule has 1 aromatic carbocycles. The number of aliphatic hydroxyl groups excluding tert-OH is 1. The van der Waals surface area contributed by atoms with Crippen LogP contribution in [0.1, 0.15) is 38.9 Å². The van der Waals surface area contributed by atoms with E-state index in [1.54, 1.807) is 12.1 Å². The average molecular weight is 415 g/mol. The number of hydrogen-bond acceptors (Lipinski definition) is 8. The van der Waals surface area contributed by atoms with Crippen molar-refractivity contribution < 1.29 is 29.1 Å². The molecule has 2 aliphatic heterocycles. The zero-order chi connectivity index (χ0) is 21.6. The number of fused-ring (bicyclic) bond motifs is 1. The van der Waals surface area contributed by atoms with Crippen molar-refractivity contribution in [2.45, 2.75) is 37.9 Å². The van der Waals surface area contributed by atoms with E-state index in [4.69, 9.17) is 9.57 Å². The third kappa shape index (κ3) is 3.18. The molecule has 2 aliphatic rings. The number of nitrogens with one attached hydrogen (secondary N) is 1. The lowest BCUT2D eigenvalue weighted by Crippen LogP contribution is -2.44. The molecule has 0 spiro atoms. The number of amides is 2. The van der Waals surface area contributed by atoms with Gasteiger partial charge in [0.15, 0.2) is 12.4 Å². The van der Waals surface area contributed by atoms with E-state index in [2.05, 4.69) is 4.98 Å². The monoisotopic (exact) mass is 415 g/mol. The highest BCUT2D eigenvalue weighted by Crippen LogP contribution is 2.31. The molecule has 156 valence electrons. The largest absolute Gasteiger partial charge is 0.390 e. The van der Waals surface area contributed by atoms with Crippen LogP contribution in [0.2, 0.25) is 0 Å². The molecule has 0 saturated carbocycles. The van der Waals surface area contributed by atoms with Crippen molar-refractivity contribution in [1.29, 1.82) is 0 Å². The van der Waals surface area contributed by atoms with Crippen molar-refractivity contribution in [3.63, 3.8) is 0 Å². The molecule has 1 saturated heterocycles. The number of aldehydes is 1. The van der Waals surface area contributed by atoms with Crippen LogP contribution in [-0.4, -0.2) is 56.1 Å². The molecule has 1 fully saturated rings. The second-order valence-corrected chi connectivity index (χ2v) is 6.99. The minimum atomic E-state index is -1.49. The number of H-pyrrole nitrogens is 1. The number of nitrogens with zero attached hydrogens (tertiary/aromatic N) is 2. The number of imide groups is 1. The number of benzene rings is 1. The number of ether oxygens (including phenoxy) is 1. The Labute approximate surface area is 168 Å². The first-order valence-electron chi connectivity index (χ1n) is 9.07. The molecule has 11 heteroatoms. The highest BCUT2D eigenvalue weighted by molar-refractivity contribution is 6.20. The average Bonchev–Trinajstić information content (AvgIpc) is 3.22. The Morgan fingerprint density at radius 1 is 1.20 bits per heavy atom. The molecule has 4 atom stereocenters. The van der Waals surface area contributed by atoms with Crippen LogP contribution in [0.3, 0.4) is 0 Å². The second-order valence-electron chi connectivity index (χ2n) is 6.99. The maximum atomic E-state index is 12.4. The van der Waals surface area contributed by atoms with Crippen LogP contribution in [0.25, 0.3) is 0 Å². The van der Waals surface area contributed by atoms with E-state index in [0.717, 1.165) is 4.57 Å². The number of carbonyl (C=O) groups is 3. The molecule has 3 heterocycles. The predicted molar refractivity (Wildman–Crippen MR) is 98.5 cm³/mol. The Hall–Kier alpha value is -3.41. The smallest absolute Gasteiger partial charge is 0.330 e. The van der Waals surface area contributed by atoms with E-state index >= 15 is 0 Å². The summed E-state index contributed by atoms with van der Waals surface area (Å²) in [5.41, 5.74) is -0.773. The molecule has 2 aromatic rings. The Morgan fingerprint density at radius 3 is 2.43 bits per heavy atom. The minimum Gasteiger partial charge on any atom is -0.390 e. The quantitative estimate of drug-likeness (QED) is 0.481. The lowest BCUT2D eigenvalue weighted by Gasteiger charge is -2.24. The molecule has 0 aliphatic carbocycles. The highest BCUT2D eigenvalue weighted by Gasteiger charge is 2.45. The van der Waals surface area contributed by atoms with Crippen LogP contribution in [0, 0.1) is 6.92 Å². The summed E-state index contributed by atoms with van der Waals surface area (Å²) in [7, 11) is 0. The van der Waals surface area contributed by atoms with Gasteiger partial charge in [-0.15, -0.1) is 5.06 Å². The molecule has 0 bridgehead atoms. The van der Waals surface area contributed by atoms with Crippen molar-refractivity contribution in [2.75, 3.05) is 0 Å². The number of rotatable bonds is 5. The predicted octanol–water partition coefficient (Wildman–Crippen LogP) is -0.711. The van der Waals surface area contributed by atoms with Crippen LogP contribution in [-0.2, 0) is 14.4 Å². The molecular formula is C19H17N3O8. The first-order valence-corrected chi connectivity index (χ1v) is 9.07. The number of aliphatic hydroxyl groups is 1. The van der Waals surface area contributed by atoms with Crippen molar-refractivity contribution in [1.82, 2.24) is 14.6 Å². The van der Waals surface area contributed by atoms with Crippen LogP contribution >= 0.6 is 0 Å². The molecule has 2 amide bonds. The molecular weight excluding hydrogens is 398 g/mol. The number of aromatic nitrogens is 2. The summed E-state index contributed by atoms with van der Waals surface area (Å²) < 4.78 is 6.72. The molecule has 30 heavy (non-hydrogen) atoms. The second kappa shape index (κ2) is 7.44. The first-order chi connectivity index (χ1) is 14.3. The maximum absolute atomic E-state index is 12.4. The van der Waals surface area contributed by atoms with Gasteiger partial charge in [-0.25, -0.2) is 9.63 Å². The van der Waals surface area contributed by atoms with Gasteiger partial charge in [-0.2, -0.15) is 0 Å². The van der Waals surface area contributed by atoms with Crippen LogP contribution in [0.15, 0.2) is 40.1 Å². The number of hydrogen-bond donors (Lipinski definition) is 2. The van der Waals surface area contributed by atoms with Gasteiger partial charge in [-0.1, -0.05) is 12.1 Å². The summed E-state index contributed by atoms with van der Waals surface area (Å²) >= 11 is 0. The molecule has 1 unspecified atom stereocenters. The summed E-state index contributed by atoms with van der Waals surface area (Å²) in [5.74, 6) is -1.47. The van der Waals surface area contributed by atoms with Gasteiger partial charge in [-0.05, 0) is 19.1 Å². The van der Waals surface area contributed by atoms with Crippen LogP contribution in [0.5, 0.6) is 0 Å². The highest BCUT2D eigenvalue weighted by atomic mass is 16.7. The Balaban J connectivity index is 1.55. The third-order valence-corrected chi connectivity index (χ3v) is 5.03. The number of aromatic amines is 1. The SMILES string of the molecule is Cc1cn([C@H]2C[C@H](O)[C@@H](C(C=O)ON3C(=O)c4ccccc4C3=O)O2)c(=O)[nH]c1=O. The minimum absolute atomic E-state index is 0.0775. The van der Waals surface area contributed by atoms with E-state index < -0.39 is 47.6 Å². The molecule has 11 nitrogen and oxygen atoms in total. The normalized spacial score (nSPS) is 24.2. The van der Waals surface area contributed by atoms with E-state index in [1.807, 2.05) is 0 Å². The van der Waals surface area contributed by atoms with E-state index in [1.165, 1.54) is 25.3 Å². The lowest BCUT2D eigenvalue weighted by atomic mass is 10.1. The van der Waals surface area contributed by atoms with Crippen LogP contribution < -0.4 is 11.2 Å². The van der Waals surface area contributed by atoms with Gasteiger partial charge in [0, 0.05) is 18.2 Å². The third-order valence-electron chi connectivity index (χ3n) is 5.03. The first kappa shape index (κ1) is 19.9. The molecule has 1 aromatic heterocycles. The zero-order valence-corrected chi connectivity index (χ0v) is 15.7. The van der Waals surface area contributed by atoms with Gasteiger partial charge in [-0.3, -0.25) is 23.9 Å². The van der Waals surface area contributed by atoms with Gasteiger partial charge in [0.05, 0.1) is 17.2 Å². The number of carbonyl (C=O) groups excluding carboxylic acids is 3. The van der Waals surface area contributed by atoms with E-state index in [9.17, 15) is 29.1 Å². The summed E-state index contributed by atoms with van der Waals surface area (Å²) in [5, 5.41) is 10.8. The molecule has 0 radical (unpaired) electrons. The topological polar surface area (TPSA) is 148 Å². The van der Waals surface area contributed by atoms with E-state index in [-0.39, 0.29) is 23.1 Å². The van der Waals surface area contributed by atoms with Crippen LogP contribution in [0.4, 0.5) is 0 Å². The van der Waals surface area contributed by atoms with Gasteiger partial charge < -0.3 is 14.6 Å². The number of hydroxylamine groups is 2. The fourth-order valence-electron chi connectivity index (χ4n) is 3.49. The fraction of sp³-hybridized carbons (Fsp3) is 0.316. The standard InChI is InChI=1S/C19H17N3O8/c1-9-7-21(19(28)20-16(9)25)14-6-12(24)15(29-14)13(8-23)30-22-17(26)10-4-2-3-5-11(10)18(22)27/h2-5,7-8,12-15,24H,6H2,1H3,(H,20,25,28)/t12-,13?,14+,15-/m0/s1. The fourth-order valence-corrected chi connectivity index (χ4v) is 3.49. The van der Waals surface area contributed by atoms with Crippen molar-refractivity contribution >= 4 is 18.1 Å². The number of aryl methyl sites for hydroxylation is 1. The maximum Gasteiger partial charge on any atom is 0.330 e. The van der Waals surface area contributed by atoms with Gasteiger partial charge in [0.2, 0.25) is 0 Å². The Kier molecular flexibility index (Phi) is 4.94. The lowest BCUT2D eigenvalue weighted by molar-refractivity contribution is -0.184. The van der Waals surface area contributed by atoms with E-state index in [0.29, 0.717) is 11.3 Å². The Morgan fingerprint density at radius 2 is 1.83 bits per heavy atom. The van der Waals surface area contributed by atoms with Gasteiger partial charge >= 0.3 is 5.69 Å². The Bertz CT molecular complexity index is 1120. The van der Waals surface area contributed by atoms with Crippen molar-refractivity contribution in [3.05, 3.63) is 68.0 Å². The van der Waals surface area contributed by atoms with Gasteiger partial charge in [0.1, 0.15) is 12.3 Å². The summed E-state index contributed by atoms with van der Waals surface area (Å²) in [6, 6.07) is 6.08. The molecule has 2 N–H and O–H groups in total. The van der Waals surface area contributed by atoms with Crippen molar-refractivity contribution in [2.24, 2.45) is 0 Å². The summed E-state index contributed by atoms with van der Waals surface area (Å²) in [6.45, 7) is 1.50. The van der Waals surface area contributed by atoms with Crippen molar-refractivity contribution in [3.8, 4) is 0 Å².